The molecular weight excluding hydrogens is 292 g/mol. The highest BCUT2D eigenvalue weighted by Gasteiger charge is 2.13. The van der Waals surface area contributed by atoms with Crippen LogP contribution in [0.25, 0.3) is 0 Å². The molecule has 0 aliphatic heterocycles. The molecule has 0 atom stereocenters. The lowest BCUT2D eigenvalue weighted by molar-refractivity contribution is 0.318. The average Bonchev–Trinajstić information content (AvgIpc) is 2.49. The smallest absolute Gasteiger partial charge is 0.238 e. The molecule has 1 aromatic heterocycles. The predicted molar refractivity (Wildman–Crippen MR) is 82.6 cm³/mol. The summed E-state index contributed by atoms with van der Waals surface area (Å²) in [6, 6.07) is 9.01. The maximum Gasteiger partial charge on any atom is 0.238 e. The van der Waals surface area contributed by atoms with Crippen LogP contribution in [0.4, 0.5) is 5.69 Å². The van der Waals surface area contributed by atoms with Crippen molar-refractivity contribution in [1.29, 1.82) is 0 Å². The number of halogens is 1. The van der Waals surface area contributed by atoms with Crippen LogP contribution in [0.5, 0.6) is 11.6 Å². The molecule has 0 fully saturated rings. The van der Waals surface area contributed by atoms with Gasteiger partial charge in [-0.05, 0) is 18.2 Å². The summed E-state index contributed by atoms with van der Waals surface area (Å²) in [4.78, 5) is 6.02. The quantitative estimate of drug-likeness (QED) is 0.393. The lowest BCUT2D eigenvalue weighted by atomic mass is 10.2. The van der Waals surface area contributed by atoms with Gasteiger partial charge in [-0.25, -0.2) is 4.98 Å². The largest absolute Gasteiger partial charge is 0.437 e. The van der Waals surface area contributed by atoms with E-state index in [1.165, 1.54) is 6.20 Å². The van der Waals surface area contributed by atoms with Crippen LogP contribution in [0.15, 0.2) is 41.7 Å². The SMILES string of the molecule is CN(C)c1cccc(Oc2nccc(/C(N)=N/O)c2Cl)c1. The van der Waals surface area contributed by atoms with Crippen molar-refractivity contribution in [2.24, 2.45) is 10.9 Å². The topological polar surface area (TPSA) is 84.0 Å². The molecule has 0 amide bonds. The van der Waals surface area contributed by atoms with Gasteiger partial charge >= 0.3 is 0 Å². The van der Waals surface area contributed by atoms with Crippen LogP contribution in [0.2, 0.25) is 5.02 Å². The Morgan fingerprint density at radius 2 is 2.14 bits per heavy atom. The first-order valence-electron chi connectivity index (χ1n) is 6.10. The molecule has 0 saturated carbocycles. The third-order valence-electron chi connectivity index (χ3n) is 2.79. The molecule has 0 spiro atoms. The van der Waals surface area contributed by atoms with E-state index in [9.17, 15) is 0 Å². The first-order valence-corrected chi connectivity index (χ1v) is 6.48. The van der Waals surface area contributed by atoms with Crippen molar-refractivity contribution >= 4 is 23.1 Å². The Bertz CT molecular complexity index is 674. The highest BCUT2D eigenvalue weighted by molar-refractivity contribution is 6.35. The summed E-state index contributed by atoms with van der Waals surface area (Å²) < 4.78 is 5.67. The Hall–Kier alpha value is -2.47. The molecule has 7 heteroatoms. The molecule has 0 unspecified atom stereocenters. The van der Waals surface area contributed by atoms with Gasteiger partial charge in [0.05, 0.1) is 0 Å². The zero-order chi connectivity index (χ0) is 15.4. The summed E-state index contributed by atoms with van der Waals surface area (Å²) in [5, 5.41) is 11.8. The van der Waals surface area contributed by atoms with Crippen molar-refractivity contribution in [1.82, 2.24) is 4.98 Å². The molecule has 2 aromatic rings. The molecule has 0 radical (unpaired) electrons. The third-order valence-corrected chi connectivity index (χ3v) is 3.15. The number of ether oxygens (including phenoxy) is 1. The maximum absolute atomic E-state index is 8.73. The van der Waals surface area contributed by atoms with Crippen molar-refractivity contribution in [3.05, 3.63) is 47.1 Å². The zero-order valence-corrected chi connectivity index (χ0v) is 12.4. The number of nitrogens with zero attached hydrogens (tertiary/aromatic N) is 3. The van der Waals surface area contributed by atoms with Crippen LogP contribution in [-0.4, -0.2) is 30.1 Å². The highest BCUT2D eigenvalue weighted by Crippen LogP contribution is 2.31. The summed E-state index contributed by atoms with van der Waals surface area (Å²) in [5.41, 5.74) is 6.88. The molecule has 0 aliphatic carbocycles. The molecular formula is C14H15ClN4O2. The summed E-state index contributed by atoms with van der Waals surface area (Å²) in [7, 11) is 3.87. The number of hydrogen-bond donors (Lipinski definition) is 2. The van der Waals surface area contributed by atoms with Crippen LogP contribution in [0, 0.1) is 0 Å². The molecule has 110 valence electrons. The Kier molecular flexibility index (Phi) is 4.49. The van der Waals surface area contributed by atoms with Crippen LogP contribution < -0.4 is 15.4 Å². The second kappa shape index (κ2) is 6.32. The molecule has 0 aliphatic rings. The lowest BCUT2D eigenvalue weighted by Gasteiger charge is -2.14. The number of rotatable bonds is 4. The molecule has 6 nitrogen and oxygen atoms in total. The Morgan fingerprint density at radius 3 is 2.81 bits per heavy atom. The third kappa shape index (κ3) is 3.35. The first-order chi connectivity index (χ1) is 10.0. The van der Waals surface area contributed by atoms with Crippen molar-refractivity contribution in [3.63, 3.8) is 0 Å². The van der Waals surface area contributed by atoms with Gasteiger partial charge in [0, 0.05) is 37.6 Å². The van der Waals surface area contributed by atoms with Gasteiger partial charge in [-0.2, -0.15) is 0 Å². The van der Waals surface area contributed by atoms with Gasteiger partial charge in [-0.1, -0.05) is 22.8 Å². The number of oxime groups is 1. The van der Waals surface area contributed by atoms with Gasteiger partial charge in [-0.3, -0.25) is 0 Å². The number of hydrogen-bond acceptors (Lipinski definition) is 5. The van der Waals surface area contributed by atoms with E-state index in [-0.39, 0.29) is 16.7 Å². The number of nitrogens with two attached hydrogens (primary N) is 1. The first kappa shape index (κ1) is 14.9. The minimum atomic E-state index is -0.103. The Balaban J connectivity index is 2.34. The van der Waals surface area contributed by atoms with E-state index >= 15 is 0 Å². The molecule has 1 aromatic carbocycles. The molecule has 0 saturated heterocycles. The highest BCUT2D eigenvalue weighted by atomic mass is 35.5. The van der Waals surface area contributed by atoms with Crippen LogP contribution in [0.3, 0.4) is 0 Å². The fraction of sp³-hybridized carbons (Fsp3) is 0.143. The summed E-state index contributed by atoms with van der Waals surface area (Å²) in [5.74, 6) is 0.679. The van der Waals surface area contributed by atoms with Crippen molar-refractivity contribution in [3.8, 4) is 11.6 Å². The second-order valence-electron chi connectivity index (χ2n) is 4.46. The summed E-state index contributed by atoms with van der Waals surface area (Å²) in [6.07, 6.45) is 1.48. The van der Waals surface area contributed by atoms with Gasteiger partial charge in [0.1, 0.15) is 10.8 Å². The van der Waals surface area contributed by atoms with E-state index in [2.05, 4.69) is 10.1 Å². The van der Waals surface area contributed by atoms with Crippen molar-refractivity contribution in [2.75, 3.05) is 19.0 Å². The van der Waals surface area contributed by atoms with E-state index in [4.69, 9.17) is 27.3 Å². The van der Waals surface area contributed by atoms with Gasteiger partial charge in [0.2, 0.25) is 5.88 Å². The molecule has 1 heterocycles. The second-order valence-corrected chi connectivity index (χ2v) is 4.83. The molecule has 0 bridgehead atoms. The molecule has 3 N–H and O–H groups in total. The predicted octanol–water partition coefficient (Wildman–Crippen LogP) is 2.69. The summed E-state index contributed by atoms with van der Waals surface area (Å²) >= 11 is 6.16. The number of anilines is 1. The molecule has 2 rings (SSSR count). The van der Waals surface area contributed by atoms with Crippen molar-refractivity contribution < 1.29 is 9.94 Å². The minimum Gasteiger partial charge on any atom is -0.437 e. The van der Waals surface area contributed by atoms with E-state index in [1.807, 2.05) is 37.2 Å². The van der Waals surface area contributed by atoms with E-state index < -0.39 is 0 Å². The van der Waals surface area contributed by atoms with Gasteiger partial charge < -0.3 is 20.6 Å². The zero-order valence-electron chi connectivity index (χ0n) is 11.6. The minimum absolute atomic E-state index is 0.103. The van der Waals surface area contributed by atoms with Crippen LogP contribution in [0.1, 0.15) is 5.56 Å². The van der Waals surface area contributed by atoms with E-state index in [0.717, 1.165) is 5.69 Å². The number of benzene rings is 1. The normalized spacial score (nSPS) is 11.3. The maximum atomic E-state index is 8.73. The van der Waals surface area contributed by atoms with Gasteiger partial charge in [-0.15, -0.1) is 0 Å². The monoisotopic (exact) mass is 306 g/mol. The lowest BCUT2D eigenvalue weighted by Crippen LogP contribution is -2.14. The standard InChI is InChI=1S/C14H15ClN4O2/c1-19(2)9-4-3-5-10(8-9)21-14-12(15)11(6-7-17-14)13(16)18-20/h3-8,20H,1-2H3,(H2,16,18). The number of pyridine rings is 1. The number of amidine groups is 1. The van der Waals surface area contributed by atoms with Gasteiger partial charge in [0.15, 0.2) is 5.84 Å². The molecule has 21 heavy (non-hydrogen) atoms. The fourth-order valence-corrected chi connectivity index (χ4v) is 1.93. The van der Waals surface area contributed by atoms with Crippen LogP contribution >= 0.6 is 11.6 Å². The fourth-order valence-electron chi connectivity index (χ4n) is 1.68. The van der Waals surface area contributed by atoms with Gasteiger partial charge in [0.25, 0.3) is 0 Å². The summed E-state index contributed by atoms with van der Waals surface area (Å²) in [6.45, 7) is 0. The Morgan fingerprint density at radius 1 is 1.38 bits per heavy atom. The van der Waals surface area contributed by atoms with E-state index in [0.29, 0.717) is 11.3 Å². The van der Waals surface area contributed by atoms with Crippen molar-refractivity contribution in [2.45, 2.75) is 0 Å². The average molecular weight is 307 g/mol. The number of aromatic nitrogens is 1. The van der Waals surface area contributed by atoms with Crippen LogP contribution in [-0.2, 0) is 0 Å². The Labute approximate surface area is 127 Å². The van der Waals surface area contributed by atoms with E-state index in [1.54, 1.807) is 12.1 Å².